The Bertz CT molecular complexity index is 252. The van der Waals surface area contributed by atoms with Crippen LogP contribution >= 0.6 is 0 Å². The van der Waals surface area contributed by atoms with Gasteiger partial charge in [-0.05, 0) is 12.1 Å². The van der Waals surface area contributed by atoms with Crippen LogP contribution in [-0.2, 0) is 24.3 Å². The fourth-order valence-corrected chi connectivity index (χ4v) is 0.489. The van der Waals surface area contributed by atoms with E-state index in [1.807, 2.05) is 0 Å². The summed E-state index contributed by atoms with van der Waals surface area (Å²) in [6, 6.07) is 3.08. The van der Waals surface area contributed by atoms with Crippen LogP contribution < -0.4 is 0 Å². The summed E-state index contributed by atoms with van der Waals surface area (Å²) in [6.07, 6.45) is 2.84. The van der Waals surface area contributed by atoms with E-state index in [2.05, 4.69) is 4.98 Å². The van der Waals surface area contributed by atoms with E-state index in [4.69, 9.17) is 15.0 Å². The van der Waals surface area contributed by atoms with Crippen LogP contribution in [-0.4, -0.2) is 27.6 Å². The fraction of sp³-hybridized carbons (Fsp3) is 0. The number of aromatic nitrogens is 1. The summed E-state index contributed by atoms with van der Waals surface area (Å²) in [6.45, 7) is 0.500. The summed E-state index contributed by atoms with van der Waals surface area (Å²) in [5.41, 5.74) is 0.220. The van der Waals surface area contributed by atoms with Crippen LogP contribution in [0.3, 0.4) is 0 Å². The van der Waals surface area contributed by atoms with Gasteiger partial charge in [0, 0.05) is 31.9 Å². The molecule has 0 spiro atoms. The summed E-state index contributed by atoms with van der Waals surface area (Å²) >= 11 is 0. The summed E-state index contributed by atoms with van der Waals surface area (Å²) in [7, 11) is 0. The first-order chi connectivity index (χ1) is 5.72. The molecule has 0 saturated carbocycles. The number of hydrogen-bond donors (Lipinski definition) is 2. The average molecular weight is 234 g/mol. The Morgan fingerprint density at radius 2 is 2.08 bits per heavy atom. The maximum Gasteiger partial charge on any atom is 0.337 e. The smallest absolute Gasteiger partial charge is 0.337 e. The van der Waals surface area contributed by atoms with Crippen molar-refractivity contribution in [2.75, 3.05) is 0 Å². The van der Waals surface area contributed by atoms with Gasteiger partial charge in [-0.15, -0.1) is 0 Å². The Hall–Kier alpha value is -1.29. The molecule has 1 rings (SSSR count). The van der Waals surface area contributed by atoms with Gasteiger partial charge in [-0.1, -0.05) is 6.47 Å². The zero-order valence-corrected chi connectivity index (χ0v) is 9.64. The third kappa shape index (κ3) is 7.09. The Morgan fingerprint density at radius 3 is 2.31 bits per heavy atom. The molecule has 1 aromatic rings. The molecule has 0 fully saturated rings. The molecule has 0 bridgehead atoms. The number of hydrogen-bond acceptors (Lipinski definition) is 3. The number of carboxylic acid groups (broad SMARTS) is 1. The first kappa shape index (κ1) is 14.2. The first-order valence-electron chi connectivity index (χ1n) is 2.87. The summed E-state index contributed by atoms with van der Waals surface area (Å²) < 4.78 is 0. The van der Waals surface area contributed by atoms with Gasteiger partial charge in [0.15, 0.2) is 0 Å². The van der Waals surface area contributed by atoms with Gasteiger partial charge in [0.2, 0.25) is 0 Å². The topological polar surface area (TPSA) is 87.5 Å². The zero-order valence-electron chi connectivity index (χ0n) is 6.67. The maximum atomic E-state index is 10.2. The molecule has 2 N–H and O–H groups in total. The van der Waals surface area contributed by atoms with Gasteiger partial charge in [0.05, 0.1) is 5.56 Å². The second-order valence-electron chi connectivity index (χ2n) is 1.64. The van der Waals surface area contributed by atoms with Crippen LogP contribution in [0.1, 0.15) is 10.4 Å². The van der Waals surface area contributed by atoms with Crippen LogP contribution in [0.2, 0.25) is 0 Å². The second kappa shape index (κ2) is 8.81. The number of carboxylic acids is 1. The predicted molar refractivity (Wildman–Crippen MR) is 39.5 cm³/mol. The molecule has 0 atom stereocenters. The van der Waals surface area contributed by atoms with E-state index < -0.39 is 5.97 Å². The molecule has 6 heteroatoms. The standard InChI is InChI=1S/C6H5NO2.CHO2.Zn/c8-6(9)5-2-1-3-7-4-5;2-1-3;/h1-4H,(H,8,9);(H,2,3);/q;-1;. The van der Waals surface area contributed by atoms with Crippen molar-refractivity contribution < 1.29 is 39.3 Å². The monoisotopic (exact) mass is 232 g/mol. The molecule has 5 nitrogen and oxygen atoms in total. The molecule has 13 heavy (non-hydrogen) atoms. The number of aromatic carboxylic acids is 1. The van der Waals surface area contributed by atoms with E-state index in [1.54, 1.807) is 6.07 Å². The maximum absolute atomic E-state index is 10.2. The SMILES string of the molecule is O=C(O)c1cccnc1.O=[C-]O.[Zn]. The van der Waals surface area contributed by atoms with Crippen molar-refractivity contribution >= 4 is 12.4 Å². The van der Waals surface area contributed by atoms with E-state index >= 15 is 0 Å². The number of carbonyl (C=O) groups is 1. The largest absolute Gasteiger partial charge is 0.665 e. The molecule has 0 aliphatic heterocycles. The normalized spacial score (nSPS) is 7.08. The van der Waals surface area contributed by atoms with Crippen molar-refractivity contribution in [3.05, 3.63) is 30.1 Å². The van der Waals surface area contributed by atoms with E-state index in [-0.39, 0.29) is 25.0 Å². The zero-order chi connectivity index (χ0) is 9.40. The summed E-state index contributed by atoms with van der Waals surface area (Å²) in [5.74, 6) is -0.942. The number of pyridine rings is 1. The first-order valence-corrected chi connectivity index (χ1v) is 2.87. The summed E-state index contributed by atoms with van der Waals surface area (Å²) in [5, 5.41) is 15.1. The van der Waals surface area contributed by atoms with Crippen LogP contribution in [0.4, 0.5) is 0 Å². The van der Waals surface area contributed by atoms with Gasteiger partial charge in [-0.25, -0.2) is 4.79 Å². The van der Waals surface area contributed by atoms with Crippen LogP contribution in [0.5, 0.6) is 0 Å². The number of aliphatic hydroxyl groups excluding tert-OH is 1. The van der Waals surface area contributed by atoms with Gasteiger partial charge >= 0.3 is 5.97 Å². The predicted octanol–water partition coefficient (Wildman–Crippen LogP) is 0.389. The van der Waals surface area contributed by atoms with Crippen LogP contribution in [0.15, 0.2) is 24.5 Å². The number of nitrogens with zero attached hydrogens (tertiary/aromatic N) is 1. The van der Waals surface area contributed by atoms with Crippen molar-refractivity contribution in [1.82, 2.24) is 4.98 Å². The molecule has 0 aliphatic carbocycles. The average Bonchev–Trinajstić information content (AvgIpc) is 2.07. The van der Waals surface area contributed by atoms with Crippen molar-refractivity contribution in [2.45, 2.75) is 0 Å². The molecule has 0 aromatic carbocycles. The molecule has 66 valence electrons. The molecule has 0 saturated heterocycles. The summed E-state index contributed by atoms with van der Waals surface area (Å²) in [4.78, 5) is 22.0. The Labute approximate surface area is 87.2 Å². The van der Waals surface area contributed by atoms with Crippen molar-refractivity contribution in [2.24, 2.45) is 0 Å². The quantitative estimate of drug-likeness (QED) is 0.541. The van der Waals surface area contributed by atoms with E-state index in [0.29, 0.717) is 6.47 Å². The molecule has 1 heterocycles. The minimum atomic E-state index is -0.942. The minimum absolute atomic E-state index is 0. The Balaban J connectivity index is 0. The fourth-order valence-electron chi connectivity index (χ4n) is 0.489. The third-order valence-corrected chi connectivity index (χ3v) is 0.908. The molecule has 0 unspecified atom stereocenters. The van der Waals surface area contributed by atoms with Crippen molar-refractivity contribution in [1.29, 1.82) is 0 Å². The molecular formula is C7H6NO4Zn-. The Kier molecular flexibility index (Phi) is 9.65. The van der Waals surface area contributed by atoms with Gasteiger partial charge < -0.3 is 15.0 Å². The molecule has 1 aromatic heterocycles. The number of rotatable bonds is 1. The molecule has 0 amide bonds. The van der Waals surface area contributed by atoms with E-state index in [9.17, 15) is 4.79 Å². The van der Waals surface area contributed by atoms with Crippen molar-refractivity contribution in [3.63, 3.8) is 0 Å². The van der Waals surface area contributed by atoms with Gasteiger partial charge in [0.25, 0.3) is 0 Å². The van der Waals surface area contributed by atoms with Gasteiger partial charge in [-0.2, -0.15) is 0 Å². The van der Waals surface area contributed by atoms with Crippen LogP contribution in [0.25, 0.3) is 0 Å². The second-order valence-corrected chi connectivity index (χ2v) is 1.64. The van der Waals surface area contributed by atoms with Gasteiger partial charge in [-0.3, -0.25) is 4.98 Å². The Morgan fingerprint density at radius 1 is 1.54 bits per heavy atom. The van der Waals surface area contributed by atoms with Gasteiger partial charge in [0.1, 0.15) is 0 Å². The van der Waals surface area contributed by atoms with E-state index in [1.165, 1.54) is 18.5 Å². The molecule has 0 aliphatic rings. The van der Waals surface area contributed by atoms with Crippen molar-refractivity contribution in [3.8, 4) is 0 Å². The van der Waals surface area contributed by atoms with E-state index in [0.717, 1.165) is 0 Å². The third-order valence-electron chi connectivity index (χ3n) is 0.908. The minimum Gasteiger partial charge on any atom is -0.665 e. The van der Waals surface area contributed by atoms with Crippen LogP contribution in [0, 0.1) is 0 Å². The molecular weight excluding hydrogens is 227 g/mol. The molecule has 0 radical (unpaired) electrons.